The number of anilines is 1. The van der Waals surface area contributed by atoms with Gasteiger partial charge in [0, 0.05) is 25.6 Å². The maximum atomic E-state index is 13.5. The van der Waals surface area contributed by atoms with E-state index in [1.165, 1.54) is 13.0 Å². The minimum atomic E-state index is -1.27. The Morgan fingerprint density at radius 1 is 1.02 bits per heavy atom. The van der Waals surface area contributed by atoms with Crippen LogP contribution >= 0.6 is 0 Å². The number of carbonyl (C=O) groups excluding carboxylic acids is 4. The van der Waals surface area contributed by atoms with Gasteiger partial charge in [-0.3, -0.25) is 24.1 Å². The lowest BCUT2D eigenvalue weighted by Crippen LogP contribution is -2.42. The monoisotopic (exact) mass is 588 g/mol. The summed E-state index contributed by atoms with van der Waals surface area (Å²) in [7, 11) is 0. The van der Waals surface area contributed by atoms with E-state index in [9.17, 15) is 29.1 Å². The van der Waals surface area contributed by atoms with Crippen LogP contribution in [0.2, 0.25) is 0 Å². The lowest BCUT2D eigenvalue weighted by Gasteiger charge is -2.31. The van der Waals surface area contributed by atoms with Gasteiger partial charge in [0.15, 0.2) is 0 Å². The van der Waals surface area contributed by atoms with Crippen LogP contribution in [0.4, 0.5) is 5.69 Å². The fourth-order valence-corrected chi connectivity index (χ4v) is 6.10. The van der Waals surface area contributed by atoms with Crippen LogP contribution in [-0.2, 0) is 24.0 Å². The quantitative estimate of drug-likeness (QED) is 0.334. The van der Waals surface area contributed by atoms with Gasteiger partial charge in [0.05, 0.1) is 5.41 Å². The van der Waals surface area contributed by atoms with E-state index in [0.717, 1.165) is 18.4 Å². The zero-order valence-corrected chi connectivity index (χ0v) is 25.0. The molecule has 1 aliphatic heterocycles. The van der Waals surface area contributed by atoms with E-state index in [0.29, 0.717) is 49.9 Å². The number of aliphatic carboxylic acids is 1. The molecule has 2 aromatic carbocycles. The van der Waals surface area contributed by atoms with Crippen LogP contribution in [0.25, 0.3) is 6.08 Å². The highest BCUT2D eigenvalue weighted by molar-refractivity contribution is 6.03. The summed E-state index contributed by atoms with van der Waals surface area (Å²) in [6.45, 7) is 5.42. The van der Waals surface area contributed by atoms with Gasteiger partial charge in [-0.2, -0.15) is 0 Å². The lowest BCUT2D eigenvalue weighted by atomic mass is 9.81. The molecule has 10 nitrogen and oxygen atoms in total. The second-order valence-corrected chi connectivity index (χ2v) is 11.3. The van der Waals surface area contributed by atoms with Gasteiger partial charge in [-0.1, -0.05) is 62.2 Å². The summed E-state index contributed by atoms with van der Waals surface area (Å²) >= 11 is 0. The molecule has 1 saturated heterocycles. The Morgan fingerprint density at radius 3 is 2.26 bits per heavy atom. The number of nitrogens with one attached hydrogen (secondary N) is 2. The van der Waals surface area contributed by atoms with Gasteiger partial charge in [-0.25, -0.2) is 4.79 Å². The van der Waals surface area contributed by atoms with Crippen molar-refractivity contribution >= 4 is 41.4 Å². The van der Waals surface area contributed by atoms with Crippen molar-refractivity contribution in [1.29, 1.82) is 0 Å². The van der Waals surface area contributed by atoms with Crippen molar-refractivity contribution in [2.45, 2.75) is 77.9 Å². The van der Waals surface area contributed by atoms with Crippen LogP contribution < -0.4 is 15.5 Å². The van der Waals surface area contributed by atoms with Crippen molar-refractivity contribution in [3.05, 3.63) is 71.4 Å². The van der Waals surface area contributed by atoms with Gasteiger partial charge in [0.25, 0.3) is 5.91 Å². The average molecular weight is 589 g/mol. The smallest absolute Gasteiger partial charge is 0.352 e. The highest BCUT2D eigenvalue weighted by atomic mass is 16.4. The van der Waals surface area contributed by atoms with E-state index >= 15 is 0 Å². The van der Waals surface area contributed by atoms with E-state index < -0.39 is 23.6 Å². The molecule has 0 radical (unpaired) electrons. The third-order valence-electron chi connectivity index (χ3n) is 8.35. The second-order valence-electron chi connectivity index (χ2n) is 11.3. The number of amides is 4. The van der Waals surface area contributed by atoms with Crippen molar-refractivity contribution in [2.75, 3.05) is 11.4 Å². The van der Waals surface area contributed by atoms with E-state index in [4.69, 9.17) is 0 Å². The van der Waals surface area contributed by atoms with Crippen LogP contribution in [0.1, 0.15) is 83.0 Å². The number of carbonyl (C=O) groups is 5. The molecule has 43 heavy (non-hydrogen) atoms. The third kappa shape index (κ3) is 6.96. The Kier molecular flexibility index (Phi) is 10.0. The average Bonchev–Trinajstić information content (AvgIpc) is 3.57. The van der Waals surface area contributed by atoms with E-state index in [-0.39, 0.29) is 29.3 Å². The molecule has 2 unspecified atom stereocenters. The van der Waals surface area contributed by atoms with Crippen LogP contribution in [0.5, 0.6) is 0 Å². The van der Waals surface area contributed by atoms with Gasteiger partial charge >= 0.3 is 5.97 Å². The zero-order valence-electron chi connectivity index (χ0n) is 25.0. The number of benzene rings is 2. The number of hydrogen-bond donors (Lipinski definition) is 3. The third-order valence-corrected chi connectivity index (χ3v) is 8.35. The van der Waals surface area contributed by atoms with Gasteiger partial charge in [-0.05, 0) is 61.9 Å². The summed E-state index contributed by atoms with van der Waals surface area (Å²) < 4.78 is 0. The van der Waals surface area contributed by atoms with Crippen LogP contribution in [-0.4, -0.2) is 52.2 Å². The molecule has 1 saturated carbocycles. The minimum absolute atomic E-state index is 0.0989. The highest BCUT2D eigenvalue weighted by Crippen LogP contribution is 2.42. The Morgan fingerprint density at radius 2 is 1.67 bits per heavy atom. The van der Waals surface area contributed by atoms with Crippen molar-refractivity contribution in [3.63, 3.8) is 0 Å². The zero-order chi connectivity index (χ0) is 31.1. The first-order valence-corrected chi connectivity index (χ1v) is 14.9. The maximum absolute atomic E-state index is 13.5. The standard InChI is InChI=1S/C33H40N4O6/c1-4-10-28(39)36-22(2)30(40)37(29(36)25-11-6-5-7-12-25)26-15-13-24(14-16-26)21-27(31(41)42)35-32(43)33(17-8-9-18-33)19-20-34-23(3)38/h5-7,11-16,21-22,29H,4,8-10,17-20H2,1-3H3,(H,34,38)(H,35,43)(H,41,42). The first-order chi connectivity index (χ1) is 20.6. The molecule has 2 atom stereocenters. The molecule has 228 valence electrons. The fraction of sp³-hybridized carbons (Fsp3) is 0.424. The molecule has 1 aliphatic carbocycles. The highest BCUT2D eigenvalue weighted by Gasteiger charge is 2.47. The number of rotatable bonds is 11. The lowest BCUT2D eigenvalue weighted by molar-refractivity contribution is -0.137. The van der Waals surface area contributed by atoms with Gasteiger partial charge in [0.1, 0.15) is 17.9 Å². The van der Waals surface area contributed by atoms with Crippen LogP contribution in [0.15, 0.2) is 60.3 Å². The van der Waals surface area contributed by atoms with Crippen molar-refractivity contribution in [1.82, 2.24) is 15.5 Å². The molecule has 10 heteroatoms. The van der Waals surface area contributed by atoms with E-state index in [1.807, 2.05) is 37.3 Å². The second kappa shape index (κ2) is 13.7. The van der Waals surface area contributed by atoms with Gasteiger partial charge in [0.2, 0.25) is 17.7 Å². The molecule has 0 spiro atoms. The van der Waals surface area contributed by atoms with Crippen LogP contribution in [0.3, 0.4) is 0 Å². The summed E-state index contributed by atoms with van der Waals surface area (Å²) in [6.07, 6.45) is 5.18. The summed E-state index contributed by atoms with van der Waals surface area (Å²) in [5.74, 6) is -2.12. The first-order valence-electron chi connectivity index (χ1n) is 14.9. The van der Waals surface area contributed by atoms with E-state index in [2.05, 4.69) is 10.6 Å². The van der Waals surface area contributed by atoms with Gasteiger partial charge in [-0.15, -0.1) is 0 Å². The Balaban J connectivity index is 1.59. The summed E-state index contributed by atoms with van der Waals surface area (Å²) in [5, 5.41) is 15.3. The topological polar surface area (TPSA) is 136 Å². The molecule has 4 amide bonds. The molecular formula is C33H40N4O6. The largest absolute Gasteiger partial charge is 0.477 e. The Hall–Kier alpha value is -4.47. The summed E-state index contributed by atoms with van der Waals surface area (Å²) in [4.78, 5) is 66.7. The fourth-order valence-electron chi connectivity index (χ4n) is 6.10. The number of carboxylic acids is 1. The summed E-state index contributed by atoms with van der Waals surface area (Å²) in [5.41, 5.74) is 0.909. The first kappa shape index (κ1) is 31.5. The van der Waals surface area contributed by atoms with Crippen molar-refractivity contribution < 1.29 is 29.1 Å². The predicted octanol–water partition coefficient (Wildman–Crippen LogP) is 4.38. The van der Waals surface area contributed by atoms with Crippen molar-refractivity contribution in [3.8, 4) is 0 Å². The molecule has 3 N–H and O–H groups in total. The SMILES string of the molecule is CCCC(=O)N1C(C)C(=O)N(c2ccc(C=C(NC(=O)C3(CCNC(C)=O)CCCC3)C(=O)O)cc2)C1c1ccccc1. The van der Waals surface area contributed by atoms with E-state index in [1.54, 1.807) is 41.0 Å². The molecule has 4 rings (SSSR count). The predicted molar refractivity (Wildman–Crippen MR) is 162 cm³/mol. The normalized spacial score (nSPS) is 19.8. The molecule has 2 aromatic rings. The molecule has 1 heterocycles. The number of hydrogen-bond acceptors (Lipinski definition) is 5. The molecule has 2 aliphatic rings. The minimum Gasteiger partial charge on any atom is -0.477 e. The Bertz CT molecular complexity index is 1380. The summed E-state index contributed by atoms with van der Waals surface area (Å²) in [6, 6.07) is 15.6. The molecule has 2 fully saturated rings. The van der Waals surface area contributed by atoms with Crippen molar-refractivity contribution in [2.24, 2.45) is 5.41 Å². The van der Waals surface area contributed by atoms with Gasteiger partial charge < -0.3 is 20.6 Å². The number of carboxylic acid groups (broad SMARTS) is 1. The Labute approximate surface area is 252 Å². The van der Waals surface area contributed by atoms with Crippen LogP contribution in [0, 0.1) is 5.41 Å². The molecule has 0 aromatic heterocycles. The molecule has 0 bridgehead atoms. The maximum Gasteiger partial charge on any atom is 0.352 e. The molecular weight excluding hydrogens is 548 g/mol. The number of nitrogens with zero attached hydrogens (tertiary/aromatic N) is 2.